The Morgan fingerprint density at radius 3 is 2.57 bits per heavy atom. The molecule has 1 aromatic carbocycles. The molecule has 122 valence electrons. The van der Waals surface area contributed by atoms with E-state index in [0.717, 1.165) is 12.0 Å². The summed E-state index contributed by atoms with van der Waals surface area (Å²) in [6.07, 6.45) is 1.00. The number of amides is 2. The quantitative estimate of drug-likeness (QED) is 0.660. The van der Waals surface area contributed by atoms with Gasteiger partial charge in [0.15, 0.2) is 6.54 Å². The first-order chi connectivity index (χ1) is 11.1. The topological polar surface area (TPSA) is 88.8 Å². The van der Waals surface area contributed by atoms with E-state index in [1.54, 1.807) is 11.3 Å². The fraction of sp³-hybridized carbons (Fsp3) is 0.294. The zero-order valence-electron chi connectivity index (χ0n) is 13.1. The molecule has 0 fully saturated rings. The van der Waals surface area contributed by atoms with Crippen LogP contribution >= 0.6 is 11.3 Å². The Kier molecular flexibility index (Phi) is 6.31. The molecular weight excluding hydrogens is 310 g/mol. The minimum Gasteiger partial charge on any atom is -0.368 e. The minimum absolute atomic E-state index is 0.0697. The fourth-order valence-corrected chi connectivity index (χ4v) is 3.18. The van der Waals surface area contributed by atoms with Crippen molar-refractivity contribution in [1.82, 2.24) is 5.32 Å². The Morgan fingerprint density at radius 2 is 2.00 bits per heavy atom. The molecule has 0 unspecified atom stereocenters. The molecule has 0 aliphatic heterocycles. The van der Waals surface area contributed by atoms with Gasteiger partial charge >= 0.3 is 0 Å². The minimum atomic E-state index is -0.539. The first-order valence-electron chi connectivity index (χ1n) is 7.60. The van der Waals surface area contributed by atoms with Crippen LogP contribution in [0.2, 0.25) is 0 Å². The third-order valence-corrected chi connectivity index (χ3v) is 4.55. The van der Waals surface area contributed by atoms with E-state index >= 15 is 0 Å². The molecule has 5 nitrogen and oxygen atoms in total. The molecule has 2 rings (SSSR count). The third-order valence-electron chi connectivity index (χ3n) is 3.60. The van der Waals surface area contributed by atoms with Gasteiger partial charge < -0.3 is 16.4 Å². The lowest BCUT2D eigenvalue weighted by Gasteiger charge is -2.15. The molecule has 1 atom stereocenters. The van der Waals surface area contributed by atoms with Gasteiger partial charge in [-0.2, -0.15) is 0 Å². The first kappa shape index (κ1) is 17.2. The van der Waals surface area contributed by atoms with Crippen LogP contribution in [0.1, 0.15) is 29.0 Å². The second-order valence-electron chi connectivity index (χ2n) is 5.27. The Hall–Kier alpha value is -2.18. The summed E-state index contributed by atoms with van der Waals surface area (Å²) < 4.78 is 0. The van der Waals surface area contributed by atoms with Crippen molar-refractivity contribution in [2.75, 3.05) is 13.1 Å². The van der Waals surface area contributed by atoms with E-state index in [9.17, 15) is 9.59 Å². The summed E-state index contributed by atoms with van der Waals surface area (Å²) >= 11 is 1.67. The van der Waals surface area contributed by atoms with Crippen molar-refractivity contribution >= 4 is 23.2 Å². The molecular formula is C17H22N3O2S+. The van der Waals surface area contributed by atoms with Crippen molar-refractivity contribution in [1.29, 1.82) is 0 Å². The van der Waals surface area contributed by atoms with Crippen LogP contribution in [0.5, 0.6) is 0 Å². The molecule has 1 aromatic heterocycles. The average molecular weight is 332 g/mol. The maximum absolute atomic E-state index is 11.8. The molecule has 0 saturated heterocycles. The zero-order valence-corrected chi connectivity index (χ0v) is 13.9. The van der Waals surface area contributed by atoms with Crippen LogP contribution in [0.25, 0.3) is 0 Å². The van der Waals surface area contributed by atoms with Gasteiger partial charge in [-0.1, -0.05) is 37.3 Å². The molecule has 2 aromatic rings. The number of quaternary nitrogens is 1. The average Bonchev–Trinajstić information content (AvgIpc) is 3.08. The van der Waals surface area contributed by atoms with Gasteiger partial charge in [0, 0.05) is 5.56 Å². The molecule has 0 saturated carbocycles. The largest absolute Gasteiger partial charge is 0.368 e. The summed E-state index contributed by atoms with van der Waals surface area (Å²) in [6.45, 7) is 2.24. The number of aryl methyl sites for hydroxylation is 1. The Balaban J connectivity index is 2.06. The molecule has 0 aliphatic rings. The normalized spacial score (nSPS) is 11.9. The van der Waals surface area contributed by atoms with Gasteiger partial charge in [0.1, 0.15) is 6.04 Å². The van der Waals surface area contributed by atoms with E-state index in [-0.39, 0.29) is 25.0 Å². The summed E-state index contributed by atoms with van der Waals surface area (Å²) in [4.78, 5) is 23.7. The molecule has 0 bridgehead atoms. The molecule has 0 radical (unpaired) electrons. The number of carbonyl (C=O) groups is 2. The Morgan fingerprint density at radius 1 is 1.26 bits per heavy atom. The first-order valence-corrected chi connectivity index (χ1v) is 8.48. The number of rotatable bonds is 8. The Bertz CT molecular complexity index is 638. The van der Waals surface area contributed by atoms with Crippen LogP contribution < -0.4 is 16.4 Å². The smallest absolute Gasteiger partial charge is 0.275 e. The van der Waals surface area contributed by atoms with E-state index in [4.69, 9.17) is 5.73 Å². The SMILES string of the molecule is CCc1ccc([C@H]([NH2+]CC(=O)NCC(N)=O)c2cccs2)cc1. The lowest BCUT2D eigenvalue weighted by Crippen LogP contribution is -2.87. The van der Waals surface area contributed by atoms with Crippen molar-refractivity contribution in [2.24, 2.45) is 5.73 Å². The highest BCUT2D eigenvalue weighted by atomic mass is 32.1. The standard InChI is InChI=1S/C17H21N3O2S/c1-2-12-5-7-13(8-6-12)17(14-4-3-9-23-14)20-11-16(22)19-10-15(18)21/h3-9,17,20H,2,10-11H2,1H3,(H2,18,21)(H,19,22)/p+1/t17-/m0/s1. The van der Waals surface area contributed by atoms with Gasteiger partial charge in [-0.05, 0) is 23.4 Å². The number of hydrogen-bond acceptors (Lipinski definition) is 3. The van der Waals surface area contributed by atoms with Crippen LogP contribution in [0.4, 0.5) is 0 Å². The molecule has 5 N–H and O–H groups in total. The van der Waals surface area contributed by atoms with E-state index in [2.05, 4.69) is 42.6 Å². The molecule has 2 amide bonds. The molecule has 6 heteroatoms. The highest BCUT2D eigenvalue weighted by Crippen LogP contribution is 2.23. The lowest BCUT2D eigenvalue weighted by molar-refractivity contribution is -0.676. The van der Waals surface area contributed by atoms with Crippen LogP contribution in [0.3, 0.4) is 0 Å². The molecule has 23 heavy (non-hydrogen) atoms. The van der Waals surface area contributed by atoms with Gasteiger partial charge in [0.05, 0.1) is 11.4 Å². The van der Waals surface area contributed by atoms with Gasteiger partial charge in [-0.3, -0.25) is 9.59 Å². The molecule has 0 aliphatic carbocycles. The molecule has 0 spiro atoms. The Labute approximate surface area is 139 Å². The van der Waals surface area contributed by atoms with Crippen molar-refractivity contribution in [3.8, 4) is 0 Å². The predicted molar refractivity (Wildman–Crippen MR) is 91.0 cm³/mol. The van der Waals surface area contributed by atoms with Gasteiger partial charge in [0.25, 0.3) is 5.91 Å². The highest BCUT2D eigenvalue weighted by molar-refractivity contribution is 7.10. The summed E-state index contributed by atoms with van der Waals surface area (Å²) in [7, 11) is 0. The van der Waals surface area contributed by atoms with Crippen molar-refractivity contribution < 1.29 is 14.9 Å². The number of nitrogens with one attached hydrogen (secondary N) is 1. The van der Waals surface area contributed by atoms with Gasteiger partial charge in [0.2, 0.25) is 5.91 Å². The third kappa shape index (κ3) is 5.19. The van der Waals surface area contributed by atoms with E-state index in [1.165, 1.54) is 10.4 Å². The van der Waals surface area contributed by atoms with Crippen LogP contribution in [0.15, 0.2) is 41.8 Å². The maximum Gasteiger partial charge on any atom is 0.275 e. The fourth-order valence-electron chi connectivity index (χ4n) is 2.33. The summed E-state index contributed by atoms with van der Waals surface area (Å²) in [5.74, 6) is -0.737. The van der Waals surface area contributed by atoms with Crippen molar-refractivity contribution in [3.63, 3.8) is 0 Å². The number of thiophene rings is 1. The number of benzene rings is 1. The molecule has 1 heterocycles. The maximum atomic E-state index is 11.8. The number of hydrogen-bond donors (Lipinski definition) is 3. The van der Waals surface area contributed by atoms with Gasteiger partial charge in [-0.25, -0.2) is 0 Å². The predicted octanol–water partition coefficient (Wildman–Crippen LogP) is 0.565. The van der Waals surface area contributed by atoms with Crippen LogP contribution in [0, 0.1) is 0 Å². The van der Waals surface area contributed by atoms with Crippen molar-refractivity contribution in [2.45, 2.75) is 19.4 Å². The second-order valence-corrected chi connectivity index (χ2v) is 6.25. The van der Waals surface area contributed by atoms with Crippen molar-refractivity contribution in [3.05, 3.63) is 57.8 Å². The number of primary amides is 1. The lowest BCUT2D eigenvalue weighted by atomic mass is 10.0. The zero-order chi connectivity index (χ0) is 16.7. The summed E-state index contributed by atoms with van der Waals surface area (Å²) in [6, 6.07) is 12.6. The number of nitrogens with two attached hydrogens (primary N) is 2. The van der Waals surface area contributed by atoms with Crippen LogP contribution in [-0.2, 0) is 16.0 Å². The summed E-state index contributed by atoms with van der Waals surface area (Å²) in [5.41, 5.74) is 7.48. The van der Waals surface area contributed by atoms with Gasteiger partial charge in [-0.15, -0.1) is 11.3 Å². The number of carbonyl (C=O) groups excluding carboxylic acids is 2. The van der Waals surface area contributed by atoms with Crippen LogP contribution in [-0.4, -0.2) is 24.9 Å². The summed E-state index contributed by atoms with van der Waals surface area (Å²) in [5, 5.41) is 6.52. The second kappa shape index (κ2) is 8.45. The van der Waals surface area contributed by atoms with E-state index in [1.807, 2.05) is 16.8 Å². The van der Waals surface area contributed by atoms with E-state index in [0.29, 0.717) is 0 Å². The monoisotopic (exact) mass is 332 g/mol. The van der Waals surface area contributed by atoms with E-state index < -0.39 is 5.91 Å². The highest BCUT2D eigenvalue weighted by Gasteiger charge is 2.20.